The zero-order valence-corrected chi connectivity index (χ0v) is 19.3. The van der Waals surface area contributed by atoms with Crippen molar-refractivity contribution in [2.45, 2.75) is 95.9 Å². The third-order valence-electron chi connectivity index (χ3n) is 7.16. The van der Waals surface area contributed by atoms with Crippen LogP contribution in [0.5, 0.6) is 0 Å². The fourth-order valence-corrected chi connectivity index (χ4v) is 5.14. The summed E-state index contributed by atoms with van der Waals surface area (Å²) in [5.41, 5.74) is 0. The molecule has 2 N–H and O–H groups in total. The highest BCUT2D eigenvalue weighted by Gasteiger charge is 2.31. The van der Waals surface area contributed by atoms with Gasteiger partial charge in [-0.15, -0.1) is 0 Å². The molecule has 0 bridgehead atoms. The van der Waals surface area contributed by atoms with Gasteiger partial charge in [0.25, 0.3) is 11.8 Å². The standard InChI is InChI=1S/C25H39N3O4/c29-22(27-21-8-4-1-2-5-9-21)10-6-3-7-17-26-25(32)20-13-11-19(12-14-20)18-28-23(30)15-16-24(28)31/h15-16,19-21H,1-14,17-18H2,(H,26,32)(H,27,29). The summed E-state index contributed by atoms with van der Waals surface area (Å²) >= 11 is 0. The van der Waals surface area contributed by atoms with Gasteiger partial charge in [0.1, 0.15) is 0 Å². The van der Waals surface area contributed by atoms with Gasteiger partial charge in [-0.25, -0.2) is 0 Å². The summed E-state index contributed by atoms with van der Waals surface area (Å²) in [6.07, 6.45) is 16.5. The van der Waals surface area contributed by atoms with Gasteiger partial charge in [-0.1, -0.05) is 32.1 Å². The van der Waals surface area contributed by atoms with Crippen LogP contribution in [0.2, 0.25) is 0 Å². The smallest absolute Gasteiger partial charge is 0.253 e. The third kappa shape index (κ3) is 7.75. The molecule has 3 rings (SSSR count). The van der Waals surface area contributed by atoms with E-state index in [1.165, 1.54) is 42.7 Å². The first-order valence-corrected chi connectivity index (χ1v) is 12.6. The third-order valence-corrected chi connectivity index (χ3v) is 7.16. The summed E-state index contributed by atoms with van der Waals surface area (Å²) in [6, 6.07) is 0.368. The van der Waals surface area contributed by atoms with Gasteiger partial charge in [0, 0.05) is 43.6 Å². The zero-order chi connectivity index (χ0) is 22.8. The lowest BCUT2D eigenvalue weighted by Gasteiger charge is -2.30. The van der Waals surface area contributed by atoms with Gasteiger partial charge in [0.05, 0.1) is 0 Å². The Balaban J connectivity index is 1.20. The average molecular weight is 446 g/mol. The molecule has 0 spiro atoms. The van der Waals surface area contributed by atoms with E-state index in [0.717, 1.165) is 57.8 Å². The Hall–Kier alpha value is -2.18. The number of rotatable bonds is 10. The van der Waals surface area contributed by atoms with Crippen molar-refractivity contribution in [2.24, 2.45) is 11.8 Å². The maximum Gasteiger partial charge on any atom is 0.253 e. The van der Waals surface area contributed by atoms with E-state index in [4.69, 9.17) is 0 Å². The van der Waals surface area contributed by atoms with E-state index in [2.05, 4.69) is 10.6 Å². The Bertz CT molecular complexity index is 671. The van der Waals surface area contributed by atoms with Crippen LogP contribution in [-0.2, 0) is 19.2 Å². The molecule has 4 amide bonds. The molecule has 7 heteroatoms. The van der Waals surface area contributed by atoms with Crippen LogP contribution in [-0.4, -0.2) is 47.7 Å². The van der Waals surface area contributed by atoms with Crippen LogP contribution in [0.15, 0.2) is 12.2 Å². The van der Waals surface area contributed by atoms with E-state index >= 15 is 0 Å². The zero-order valence-electron chi connectivity index (χ0n) is 19.3. The van der Waals surface area contributed by atoms with E-state index in [1.807, 2.05) is 0 Å². The highest BCUT2D eigenvalue weighted by atomic mass is 16.2. The quantitative estimate of drug-likeness (QED) is 0.307. The molecule has 0 aromatic heterocycles. The second kappa shape index (κ2) is 12.8. The van der Waals surface area contributed by atoms with E-state index in [0.29, 0.717) is 25.6 Å². The first-order valence-electron chi connectivity index (χ1n) is 12.6. The minimum Gasteiger partial charge on any atom is -0.356 e. The predicted molar refractivity (Wildman–Crippen MR) is 122 cm³/mol. The number of hydrogen-bond donors (Lipinski definition) is 2. The van der Waals surface area contributed by atoms with Crippen molar-refractivity contribution in [3.63, 3.8) is 0 Å². The number of unbranched alkanes of at least 4 members (excludes halogenated alkanes) is 2. The Labute approximate surface area is 191 Å². The van der Waals surface area contributed by atoms with Crippen LogP contribution in [0, 0.1) is 11.8 Å². The SMILES string of the molecule is O=C(CCCCCNC(=O)C1CCC(CN2C(=O)C=CC2=O)CC1)NC1CCCCCC1. The monoisotopic (exact) mass is 445 g/mol. The molecule has 2 saturated carbocycles. The lowest BCUT2D eigenvalue weighted by molar-refractivity contribution is -0.138. The fraction of sp³-hybridized carbons (Fsp3) is 0.760. The van der Waals surface area contributed by atoms with Crippen LogP contribution < -0.4 is 10.6 Å². The molecule has 1 aliphatic heterocycles. The predicted octanol–water partition coefficient (Wildman–Crippen LogP) is 3.23. The van der Waals surface area contributed by atoms with Crippen molar-refractivity contribution in [3.05, 3.63) is 12.2 Å². The summed E-state index contributed by atoms with van der Waals surface area (Å²) in [6.45, 7) is 1.12. The molecule has 0 aromatic carbocycles. The molecule has 0 saturated heterocycles. The van der Waals surface area contributed by atoms with E-state index in [1.54, 1.807) is 0 Å². The summed E-state index contributed by atoms with van der Waals surface area (Å²) in [5.74, 6) is 0.152. The Morgan fingerprint density at radius 3 is 2.16 bits per heavy atom. The van der Waals surface area contributed by atoms with Crippen LogP contribution in [0.4, 0.5) is 0 Å². The molecule has 7 nitrogen and oxygen atoms in total. The van der Waals surface area contributed by atoms with Crippen molar-refractivity contribution in [1.29, 1.82) is 0 Å². The molecule has 1 heterocycles. The van der Waals surface area contributed by atoms with Gasteiger partial charge < -0.3 is 10.6 Å². The Morgan fingerprint density at radius 1 is 0.844 bits per heavy atom. The van der Waals surface area contributed by atoms with Crippen LogP contribution in [0.1, 0.15) is 89.9 Å². The van der Waals surface area contributed by atoms with Gasteiger partial charge >= 0.3 is 0 Å². The molecule has 0 radical (unpaired) electrons. The Morgan fingerprint density at radius 2 is 1.50 bits per heavy atom. The van der Waals surface area contributed by atoms with Crippen LogP contribution in [0.25, 0.3) is 0 Å². The largest absolute Gasteiger partial charge is 0.356 e. The topological polar surface area (TPSA) is 95.6 Å². The molecule has 32 heavy (non-hydrogen) atoms. The molecule has 3 aliphatic rings. The van der Waals surface area contributed by atoms with Gasteiger partial charge in [-0.2, -0.15) is 0 Å². The fourth-order valence-electron chi connectivity index (χ4n) is 5.14. The summed E-state index contributed by atoms with van der Waals surface area (Å²) in [5, 5.41) is 6.24. The number of amides is 4. The molecule has 2 fully saturated rings. The van der Waals surface area contributed by atoms with Crippen molar-refractivity contribution in [2.75, 3.05) is 13.1 Å². The maximum absolute atomic E-state index is 12.4. The summed E-state index contributed by atoms with van der Waals surface area (Å²) < 4.78 is 0. The Kier molecular flexibility index (Phi) is 9.75. The van der Waals surface area contributed by atoms with Crippen LogP contribution in [0.3, 0.4) is 0 Å². The number of carbonyl (C=O) groups excluding carboxylic acids is 4. The highest BCUT2D eigenvalue weighted by molar-refractivity contribution is 6.12. The van der Waals surface area contributed by atoms with Gasteiger partial charge in [0.2, 0.25) is 11.8 Å². The first kappa shape index (κ1) is 24.5. The summed E-state index contributed by atoms with van der Waals surface area (Å²) in [7, 11) is 0. The normalized spacial score (nSPS) is 24.4. The molecule has 0 unspecified atom stereocenters. The molecule has 2 aliphatic carbocycles. The number of nitrogens with zero attached hydrogens (tertiary/aromatic N) is 1. The number of carbonyl (C=O) groups is 4. The second-order valence-corrected chi connectivity index (χ2v) is 9.70. The second-order valence-electron chi connectivity index (χ2n) is 9.70. The van der Waals surface area contributed by atoms with Crippen molar-refractivity contribution < 1.29 is 19.2 Å². The van der Waals surface area contributed by atoms with Gasteiger partial charge in [-0.05, 0) is 57.3 Å². The van der Waals surface area contributed by atoms with Crippen molar-refractivity contribution >= 4 is 23.6 Å². The average Bonchev–Trinajstić information content (AvgIpc) is 2.97. The van der Waals surface area contributed by atoms with E-state index in [9.17, 15) is 19.2 Å². The van der Waals surface area contributed by atoms with Crippen LogP contribution >= 0.6 is 0 Å². The minimum absolute atomic E-state index is 0.0275. The lowest BCUT2D eigenvalue weighted by atomic mass is 9.81. The molecular formula is C25H39N3O4. The van der Waals surface area contributed by atoms with Gasteiger partial charge in [0.15, 0.2) is 0 Å². The van der Waals surface area contributed by atoms with E-state index < -0.39 is 0 Å². The number of hydrogen-bond acceptors (Lipinski definition) is 4. The van der Waals surface area contributed by atoms with Crippen molar-refractivity contribution in [3.8, 4) is 0 Å². The highest BCUT2D eigenvalue weighted by Crippen LogP contribution is 2.30. The molecular weight excluding hydrogens is 406 g/mol. The minimum atomic E-state index is -0.225. The van der Waals surface area contributed by atoms with E-state index in [-0.39, 0.29) is 35.5 Å². The van der Waals surface area contributed by atoms with Gasteiger partial charge in [-0.3, -0.25) is 24.1 Å². The molecule has 0 aromatic rings. The number of imide groups is 1. The maximum atomic E-state index is 12.4. The number of nitrogens with one attached hydrogen (secondary N) is 2. The first-order chi connectivity index (χ1) is 15.5. The molecule has 178 valence electrons. The lowest BCUT2D eigenvalue weighted by Crippen LogP contribution is -2.38. The summed E-state index contributed by atoms with van der Waals surface area (Å²) in [4.78, 5) is 49.3. The van der Waals surface area contributed by atoms with Crippen molar-refractivity contribution in [1.82, 2.24) is 15.5 Å². The molecule has 0 atom stereocenters.